The molecule has 0 saturated heterocycles. The molecular weight excluding hydrogens is 184 g/mol. The third-order valence-electron chi connectivity index (χ3n) is 3.07. The van der Waals surface area contributed by atoms with E-state index < -0.39 is 0 Å². The average molecular weight is 202 g/mol. The van der Waals surface area contributed by atoms with Gasteiger partial charge < -0.3 is 4.74 Å². The molecule has 15 heavy (non-hydrogen) atoms. The highest BCUT2D eigenvalue weighted by Crippen LogP contribution is 2.34. The molecule has 0 spiro atoms. The number of rotatable bonds is 4. The molecule has 0 unspecified atom stereocenters. The van der Waals surface area contributed by atoms with Gasteiger partial charge in [0.15, 0.2) is 0 Å². The van der Waals surface area contributed by atoms with E-state index in [1.807, 2.05) is 0 Å². The van der Waals surface area contributed by atoms with Gasteiger partial charge in [0.1, 0.15) is 12.4 Å². The highest BCUT2D eigenvalue weighted by atomic mass is 16.5. The van der Waals surface area contributed by atoms with Crippen molar-refractivity contribution in [1.82, 2.24) is 0 Å². The first kappa shape index (κ1) is 10.3. The van der Waals surface area contributed by atoms with Crippen LogP contribution in [0.5, 0.6) is 5.75 Å². The van der Waals surface area contributed by atoms with Crippen molar-refractivity contribution < 1.29 is 4.74 Å². The highest BCUT2D eigenvalue weighted by molar-refractivity contribution is 5.29. The van der Waals surface area contributed by atoms with Crippen LogP contribution in [0.15, 0.2) is 36.9 Å². The van der Waals surface area contributed by atoms with Crippen molar-refractivity contribution in [2.45, 2.75) is 31.6 Å². The van der Waals surface area contributed by atoms with E-state index in [2.05, 4.69) is 30.8 Å². The lowest BCUT2D eigenvalue weighted by atomic mass is 9.98. The molecule has 1 aliphatic rings. The van der Waals surface area contributed by atoms with Crippen molar-refractivity contribution >= 4 is 0 Å². The van der Waals surface area contributed by atoms with E-state index in [9.17, 15) is 0 Å². The molecule has 1 fully saturated rings. The third kappa shape index (κ3) is 2.62. The highest BCUT2D eigenvalue weighted by Gasteiger charge is 2.16. The molecule has 0 atom stereocenters. The molecule has 80 valence electrons. The van der Waals surface area contributed by atoms with Crippen LogP contribution in [0.3, 0.4) is 0 Å². The minimum atomic E-state index is 0.586. The van der Waals surface area contributed by atoms with E-state index in [-0.39, 0.29) is 0 Å². The third-order valence-corrected chi connectivity index (χ3v) is 3.07. The summed E-state index contributed by atoms with van der Waals surface area (Å²) >= 11 is 0. The Morgan fingerprint density at radius 2 is 1.87 bits per heavy atom. The first-order valence-corrected chi connectivity index (χ1v) is 5.74. The van der Waals surface area contributed by atoms with Crippen LogP contribution < -0.4 is 4.74 Å². The van der Waals surface area contributed by atoms with Gasteiger partial charge in [-0.1, -0.05) is 37.6 Å². The number of benzene rings is 1. The summed E-state index contributed by atoms with van der Waals surface area (Å²) in [6, 6.07) is 8.54. The molecule has 0 aliphatic heterocycles. The summed E-state index contributed by atoms with van der Waals surface area (Å²) < 4.78 is 5.45. The fourth-order valence-electron chi connectivity index (χ4n) is 2.25. The van der Waals surface area contributed by atoms with E-state index in [4.69, 9.17) is 4.74 Å². The van der Waals surface area contributed by atoms with Gasteiger partial charge in [0.25, 0.3) is 0 Å². The van der Waals surface area contributed by atoms with Crippen molar-refractivity contribution in [2.75, 3.05) is 6.61 Å². The first-order valence-electron chi connectivity index (χ1n) is 5.74. The second kappa shape index (κ2) is 5.01. The molecule has 0 amide bonds. The zero-order valence-corrected chi connectivity index (χ0v) is 9.11. The van der Waals surface area contributed by atoms with Crippen LogP contribution in [0.1, 0.15) is 37.2 Å². The summed E-state index contributed by atoms with van der Waals surface area (Å²) in [5, 5.41) is 0. The molecule has 1 aliphatic carbocycles. The normalized spacial score (nSPS) is 16.5. The molecule has 1 aromatic rings. The quantitative estimate of drug-likeness (QED) is 0.673. The van der Waals surface area contributed by atoms with E-state index in [0.717, 1.165) is 11.7 Å². The maximum atomic E-state index is 5.45. The van der Waals surface area contributed by atoms with Gasteiger partial charge in [0, 0.05) is 0 Å². The maximum Gasteiger partial charge on any atom is 0.119 e. The van der Waals surface area contributed by atoms with Crippen LogP contribution in [-0.4, -0.2) is 6.61 Å². The van der Waals surface area contributed by atoms with Crippen LogP contribution in [0.25, 0.3) is 0 Å². The van der Waals surface area contributed by atoms with Crippen LogP contribution in [-0.2, 0) is 0 Å². The molecule has 0 bridgehead atoms. The molecule has 1 saturated carbocycles. The molecule has 1 heteroatoms. The smallest absolute Gasteiger partial charge is 0.119 e. The Balaban J connectivity index is 1.99. The van der Waals surface area contributed by atoms with Crippen molar-refractivity contribution in [3.8, 4) is 5.75 Å². The summed E-state index contributed by atoms with van der Waals surface area (Å²) in [5.41, 5.74) is 1.47. The van der Waals surface area contributed by atoms with E-state index >= 15 is 0 Å². The standard InChI is InChI=1S/C14H18O/c1-2-11-15-14-9-7-13(8-10-14)12-5-3-4-6-12/h2,7-10,12H,1,3-6,11H2. The molecule has 0 radical (unpaired) electrons. The molecule has 2 rings (SSSR count). The second-order valence-corrected chi connectivity index (χ2v) is 4.15. The zero-order valence-electron chi connectivity index (χ0n) is 9.11. The van der Waals surface area contributed by atoms with Gasteiger partial charge in [0.05, 0.1) is 0 Å². The molecule has 0 aromatic heterocycles. The molecular formula is C14H18O. The summed E-state index contributed by atoms with van der Waals surface area (Å²) in [6.07, 6.45) is 7.25. The molecule has 1 nitrogen and oxygen atoms in total. The van der Waals surface area contributed by atoms with Gasteiger partial charge in [0.2, 0.25) is 0 Å². The van der Waals surface area contributed by atoms with Crippen molar-refractivity contribution in [3.05, 3.63) is 42.5 Å². The average Bonchev–Trinajstić information content (AvgIpc) is 2.80. The van der Waals surface area contributed by atoms with Gasteiger partial charge in [-0.25, -0.2) is 0 Å². The fraction of sp³-hybridized carbons (Fsp3) is 0.429. The molecule has 0 N–H and O–H groups in total. The Bertz CT molecular complexity index is 307. The van der Waals surface area contributed by atoms with Gasteiger partial charge >= 0.3 is 0 Å². The second-order valence-electron chi connectivity index (χ2n) is 4.15. The minimum absolute atomic E-state index is 0.586. The summed E-state index contributed by atoms with van der Waals surface area (Å²) in [4.78, 5) is 0. The lowest BCUT2D eigenvalue weighted by Crippen LogP contribution is -1.95. The molecule has 0 heterocycles. The van der Waals surface area contributed by atoms with Gasteiger partial charge in [-0.3, -0.25) is 0 Å². The molecule has 1 aromatic carbocycles. The monoisotopic (exact) mass is 202 g/mol. The SMILES string of the molecule is C=CCOc1ccc(C2CCCC2)cc1. The van der Waals surface area contributed by atoms with Crippen molar-refractivity contribution in [1.29, 1.82) is 0 Å². The van der Waals surface area contributed by atoms with E-state index in [0.29, 0.717) is 6.61 Å². The maximum absolute atomic E-state index is 5.45. The fourth-order valence-corrected chi connectivity index (χ4v) is 2.25. The van der Waals surface area contributed by atoms with Gasteiger partial charge in [-0.2, -0.15) is 0 Å². The predicted octanol–water partition coefficient (Wildman–Crippen LogP) is 3.91. The predicted molar refractivity (Wildman–Crippen MR) is 63.3 cm³/mol. The Hall–Kier alpha value is -1.24. The zero-order chi connectivity index (χ0) is 10.5. The van der Waals surface area contributed by atoms with E-state index in [1.54, 1.807) is 6.08 Å². The summed E-state index contributed by atoms with van der Waals surface area (Å²) in [7, 11) is 0. The van der Waals surface area contributed by atoms with Crippen molar-refractivity contribution in [3.63, 3.8) is 0 Å². The summed E-state index contributed by atoms with van der Waals surface area (Å²) in [5.74, 6) is 1.73. The Kier molecular flexibility index (Phi) is 3.44. The lowest BCUT2D eigenvalue weighted by molar-refractivity contribution is 0.363. The van der Waals surface area contributed by atoms with Crippen LogP contribution >= 0.6 is 0 Å². The van der Waals surface area contributed by atoms with Crippen LogP contribution in [0, 0.1) is 0 Å². The summed E-state index contributed by atoms with van der Waals surface area (Å²) in [6.45, 7) is 4.22. The van der Waals surface area contributed by atoms with Crippen molar-refractivity contribution in [2.24, 2.45) is 0 Å². The number of hydrogen-bond donors (Lipinski definition) is 0. The Morgan fingerprint density at radius 3 is 2.47 bits per heavy atom. The first-order chi connectivity index (χ1) is 7.40. The number of ether oxygens (including phenoxy) is 1. The van der Waals surface area contributed by atoms with Crippen LogP contribution in [0.2, 0.25) is 0 Å². The van der Waals surface area contributed by atoms with E-state index in [1.165, 1.54) is 31.2 Å². The van der Waals surface area contributed by atoms with Crippen LogP contribution in [0.4, 0.5) is 0 Å². The Labute approximate surface area is 91.8 Å². The number of hydrogen-bond acceptors (Lipinski definition) is 1. The largest absolute Gasteiger partial charge is 0.490 e. The van der Waals surface area contributed by atoms with Gasteiger partial charge in [-0.05, 0) is 36.5 Å². The topological polar surface area (TPSA) is 9.23 Å². The Morgan fingerprint density at radius 1 is 1.20 bits per heavy atom. The minimum Gasteiger partial charge on any atom is -0.490 e. The lowest BCUT2D eigenvalue weighted by Gasteiger charge is -2.10. The van der Waals surface area contributed by atoms with Gasteiger partial charge in [-0.15, -0.1) is 0 Å².